The molecule has 1 aliphatic heterocycles. The highest BCUT2D eigenvalue weighted by Crippen LogP contribution is 2.23. The average molecular weight is 438 g/mol. The van der Waals surface area contributed by atoms with E-state index in [1.807, 2.05) is 47.4 Å². The van der Waals surface area contributed by atoms with E-state index in [9.17, 15) is 8.60 Å². The van der Waals surface area contributed by atoms with Crippen molar-refractivity contribution in [1.29, 1.82) is 0 Å². The van der Waals surface area contributed by atoms with Gasteiger partial charge in [-0.05, 0) is 64.7 Å². The first-order valence-electron chi connectivity index (χ1n) is 10.1. The zero-order chi connectivity index (χ0) is 21.6. The van der Waals surface area contributed by atoms with E-state index < -0.39 is 11.1 Å². The van der Waals surface area contributed by atoms with Gasteiger partial charge < -0.3 is 9.45 Å². The van der Waals surface area contributed by atoms with Gasteiger partial charge in [-0.15, -0.1) is 0 Å². The van der Waals surface area contributed by atoms with Crippen LogP contribution >= 0.6 is 0 Å². The number of piperazine rings is 1. The molecule has 1 N–H and O–H groups in total. The van der Waals surface area contributed by atoms with Crippen molar-refractivity contribution in [3.63, 3.8) is 0 Å². The molecule has 0 amide bonds. The molecule has 31 heavy (non-hydrogen) atoms. The molecule has 7 heteroatoms. The van der Waals surface area contributed by atoms with Crippen LogP contribution < -0.4 is 4.90 Å². The summed E-state index contributed by atoms with van der Waals surface area (Å²) in [4.78, 5) is 8.29. The molecular weight excluding hydrogens is 413 g/mol. The topological polar surface area (TPSA) is 56.7 Å². The van der Waals surface area contributed by atoms with E-state index in [0.717, 1.165) is 54.1 Å². The molecule has 1 aromatic heterocycles. The Kier molecular flexibility index (Phi) is 6.86. The number of halogens is 1. The van der Waals surface area contributed by atoms with Crippen LogP contribution in [0.1, 0.15) is 11.1 Å². The second-order valence-corrected chi connectivity index (χ2v) is 8.39. The van der Waals surface area contributed by atoms with E-state index in [1.54, 1.807) is 12.4 Å². The van der Waals surface area contributed by atoms with E-state index in [0.29, 0.717) is 0 Å². The highest BCUT2D eigenvalue weighted by molar-refractivity contribution is 7.79. The molecule has 1 fully saturated rings. The number of hydrogen-bond donors (Lipinski definition) is 1. The fraction of sp³-hybridized carbons (Fsp3) is 0.208. The number of rotatable bonds is 6. The zero-order valence-corrected chi connectivity index (χ0v) is 17.8. The second kappa shape index (κ2) is 9.96. The Morgan fingerprint density at radius 3 is 2.26 bits per heavy atom. The summed E-state index contributed by atoms with van der Waals surface area (Å²) < 4.78 is 34.1. The van der Waals surface area contributed by atoms with Crippen LogP contribution in [0.15, 0.2) is 67.0 Å². The third kappa shape index (κ3) is 5.85. The first-order valence-corrected chi connectivity index (χ1v) is 11.4. The van der Waals surface area contributed by atoms with E-state index in [4.69, 9.17) is 4.55 Å². The van der Waals surface area contributed by atoms with Crippen molar-refractivity contribution in [2.75, 3.05) is 37.0 Å². The van der Waals surface area contributed by atoms with E-state index in [1.165, 1.54) is 12.1 Å². The fourth-order valence-electron chi connectivity index (χ4n) is 3.70. The molecule has 1 atom stereocenters. The summed E-state index contributed by atoms with van der Waals surface area (Å²) in [7, 11) is 0. The smallest absolute Gasteiger partial charge is 0.167 e. The summed E-state index contributed by atoms with van der Waals surface area (Å²) in [5.41, 5.74) is 4.72. The van der Waals surface area contributed by atoms with Crippen molar-refractivity contribution >= 4 is 28.9 Å². The molecule has 0 saturated carbocycles. The number of nitrogens with zero attached hydrogens (tertiary/aromatic N) is 3. The maximum absolute atomic E-state index is 14.1. The van der Waals surface area contributed by atoms with Gasteiger partial charge in [0.05, 0.1) is 0 Å². The molecule has 0 bridgehead atoms. The van der Waals surface area contributed by atoms with Crippen LogP contribution in [-0.4, -0.2) is 50.7 Å². The first-order chi connectivity index (χ1) is 15.1. The summed E-state index contributed by atoms with van der Waals surface area (Å²) in [5, 5.41) is 0. The maximum atomic E-state index is 14.1. The number of pyridine rings is 1. The molecule has 1 aliphatic rings. The molecular formula is C24H24FN3O2S. The van der Waals surface area contributed by atoms with Crippen molar-refractivity contribution in [3.05, 3.63) is 83.9 Å². The Labute approximate surface area is 184 Å². The summed E-state index contributed by atoms with van der Waals surface area (Å²) >= 11 is -1.78. The minimum atomic E-state index is -1.78. The third-order valence-corrected chi connectivity index (χ3v) is 5.91. The Morgan fingerprint density at radius 2 is 1.58 bits per heavy atom. The van der Waals surface area contributed by atoms with Crippen molar-refractivity contribution in [2.24, 2.45) is 0 Å². The van der Waals surface area contributed by atoms with Gasteiger partial charge in [0.1, 0.15) is 11.7 Å². The highest BCUT2D eigenvalue weighted by Gasteiger charge is 2.18. The van der Waals surface area contributed by atoms with Gasteiger partial charge in [-0.25, -0.2) is 8.60 Å². The Hall–Kier alpha value is -2.87. The van der Waals surface area contributed by atoms with E-state index >= 15 is 0 Å². The molecule has 4 rings (SSSR count). The SMILES string of the molecule is O=S(O)CN1CCN(c2ccc(/C=C/c3cc(F)cc(-c4ccncc4)c3)cc2)CC1. The van der Waals surface area contributed by atoms with Crippen LogP contribution in [0.4, 0.5) is 10.1 Å². The standard InChI is InChI=1S/C24H24FN3O2S/c25-23-16-20(15-22(17-23)21-7-9-26-10-8-21)2-1-19-3-5-24(6-4-19)28-13-11-27(12-14-28)18-31(29)30/h1-10,15-17H,11-14,18H2,(H,29,30)/b2-1+. The van der Waals surface area contributed by atoms with Gasteiger partial charge >= 0.3 is 0 Å². The van der Waals surface area contributed by atoms with Crippen molar-refractivity contribution in [3.8, 4) is 11.1 Å². The summed E-state index contributed by atoms with van der Waals surface area (Å²) in [6.07, 6.45) is 7.29. The number of aromatic nitrogens is 1. The Morgan fingerprint density at radius 1 is 0.903 bits per heavy atom. The highest BCUT2D eigenvalue weighted by atomic mass is 32.2. The lowest BCUT2D eigenvalue weighted by atomic mass is 10.0. The van der Waals surface area contributed by atoms with Gasteiger partial charge in [-0.2, -0.15) is 0 Å². The minimum absolute atomic E-state index is 0.209. The van der Waals surface area contributed by atoms with Crippen molar-refractivity contribution in [2.45, 2.75) is 0 Å². The van der Waals surface area contributed by atoms with Gasteiger partial charge in [0, 0.05) is 44.3 Å². The van der Waals surface area contributed by atoms with Crippen molar-refractivity contribution in [1.82, 2.24) is 9.88 Å². The van der Waals surface area contributed by atoms with Crippen molar-refractivity contribution < 1.29 is 13.2 Å². The summed E-state index contributed by atoms with van der Waals surface area (Å²) in [5.74, 6) is -0.0611. The zero-order valence-electron chi connectivity index (χ0n) is 17.0. The van der Waals surface area contributed by atoms with Gasteiger partial charge in [0.15, 0.2) is 11.1 Å². The molecule has 0 aliphatic carbocycles. The van der Waals surface area contributed by atoms with E-state index in [-0.39, 0.29) is 11.7 Å². The number of anilines is 1. The largest absolute Gasteiger partial charge is 0.369 e. The molecule has 160 valence electrons. The second-order valence-electron chi connectivity index (χ2n) is 7.49. The third-order valence-electron chi connectivity index (χ3n) is 5.33. The fourth-order valence-corrected chi connectivity index (χ4v) is 4.27. The minimum Gasteiger partial charge on any atom is -0.369 e. The van der Waals surface area contributed by atoms with Crippen LogP contribution in [0.25, 0.3) is 23.3 Å². The summed E-state index contributed by atoms with van der Waals surface area (Å²) in [6, 6.07) is 17.0. The maximum Gasteiger partial charge on any atom is 0.167 e. The van der Waals surface area contributed by atoms with Gasteiger partial charge in [0.25, 0.3) is 0 Å². The van der Waals surface area contributed by atoms with Gasteiger partial charge in [-0.3, -0.25) is 9.88 Å². The Bertz CT molecular complexity index is 1070. The molecule has 0 spiro atoms. The van der Waals surface area contributed by atoms with E-state index in [2.05, 4.69) is 22.0 Å². The normalized spacial score (nSPS) is 16.0. The average Bonchev–Trinajstić information content (AvgIpc) is 2.78. The molecule has 3 aromatic rings. The molecule has 2 aromatic carbocycles. The molecule has 0 radical (unpaired) electrons. The predicted octanol–water partition coefficient (Wildman–Crippen LogP) is 4.36. The van der Waals surface area contributed by atoms with Gasteiger partial charge in [0.2, 0.25) is 0 Å². The molecule has 2 heterocycles. The lowest BCUT2D eigenvalue weighted by molar-refractivity contribution is 0.292. The molecule has 1 saturated heterocycles. The van der Waals surface area contributed by atoms with Gasteiger partial charge in [-0.1, -0.05) is 24.3 Å². The first kappa shape index (κ1) is 21.4. The quantitative estimate of drug-likeness (QED) is 0.459. The predicted molar refractivity (Wildman–Crippen MR) is 124 cm³/mol. The van der Waals surface area contributed by atoms with Crippen LogP contribution in [0.5, 0.6) is 0 Å². The lowest BCUT2D eigenvalue weighted by Crippen LogP contribution is -2.47. The van der Waals surface area contributed by atoms with Crippen LogP contribution in [-0.2, 0) is 11.1 Å². The lowest BCUT2D eigenvalue weighted by Gasteiger charge is -2.35. The Balaban J connectivity index is 1.42. The molecule has 1 unspecified atom stereocenters. The molecule has 5 nitrogen and oxygen atoms in total. The summed E-state index contributed by atoms with van der Waals surface area (Å²) in [6.45, 7) is 3.20. The van der Waals surface area contributed by atoms with Crippen LogP contribution in [0.3, 0.4) is 0 Å². The number of benzene rings is 2. The monoisotopic (exact) mass is 437 g/mol. The number of hydrogen-bond acceptors (Lipinski definition) is 4. The van der Waals surface area contributed by atoms with Crippen LogP contribution in [0.2, 0.25) is 0 Å². The van der Waals surface area contributed by atoms with Crippen LogP contribution in [0, 0.1) is 5.82 Å².